The number of rotatable bonds is 8. The van der Waals surface area contributed by atoms with Crippen LogP contribution in [0.3, 0.4) is 0 Å². The van der Waals surface area contributed by atoms with Crippen LogP contribution < -0.4 is 18.9 Å². The van der Waals surface area contributed by atoms with Crippen LogP contribution in [-0.4, -0.2) is 42.1 Å². The summed E-state index contributed by atoms with van der Waals surface area (Å²) in [5, 5.41) is 4.51. The average Bonchev–Trinajstić information content (AvgIpc) is 3.14. The maximum atomic E-state index is 5.96. The van der Waals surface area contributed by atoms with Crippen LogP contribution in [0.25, 0.3) is 0 Å². The minimum absolute atomic E-state index is 0.286. The number of ether oxygens (including phenoxy) is 4. The minimum atomic E-state index is -0.446. The maximum Gasteiger partial charge on any atom is 0.288 e. The molecule has 0 amide bonds. The zero-order valence-corrected chi connectivity index (χ0v) is 18.6. The van der Waals surface area contributed by atoms with Gasteiger partial charge >= 0.3 is 0 Å². The number of benzene rings is 2. The van der Waals surface area contributed by atoms with Gasteiger partial charge in [0.1, 0.15) is 6.61 Å². The summed E-state index contributed by atoms with van der Waals surface area (Å²) >= 11 is 5.36. The summed E-state index contributed by atoms with van der Waals surface area (Å²) < 4.78 is 30.1. The lowest BCUT2D eigenvalue weighted by Crippen LogP contribution is -2.24. The van der Waals surface area contributed by atoms with Crippen LogP contribution in [0, 0.1) is 4.84 Å². The van der Waals surface area contributed by atoms with Gasteiger partial charge in [0.2, 0.25) is 6.10 Å². The Labute approximate surface area is 185 Å². The molecule has 0 N–H and O–H groups in total. The summed E-state index contributed by atoms with van der Waals surface area (Å²) in [6.07, 6.45) is -0.446. The highest BCUT2D eigenvalue weighted by atomic mass is 32.1. The van der Waals surface area contributed by atoms with E-state index in [9.17, 15) is 0 Å². The van der Waals surface area contributed by atoms with E-state index < -0.39 is 6.10 Å². The van der Waals surface area contributed by atoms with Crippen LogP contribution in [-0.2, 0) is 13.2 Å². The molecule has 2 aromatic carbocycles. The minimum Gasteiger partial charge on any atom is -0.493 e. The van der Waals surface area contributed by atoms with E-state index in [4.69, 9.17) is 35.6 Å². The van der Waals surface area contributed by atoms with Gasteiger partial charge in [-0.1, -0.05) is 18.2 Å². The fourth-order valence-corrected chi connectivity index (χ4v) is 3.54. The van der Waals surface area contributed by atoms with Gasteiger partial charge in [0.15, 0.2) is 23.0 Å². The molecule has 31 heavy (non-hydrogen) atoms. The summed E-state index contributed by atoms with van der Waals surface area (Å²) in [5.74, 6) is 3.22. The maximum absolute atomic E-state index is 5.96. The first-order valence-electron chi connectivity index (χ1n) is 10.0. The molecule has 0 fully saturated rings. The molecule has 2 heterocycles. The molecule has 0 bridgehead atoms. The third kappa shape index (κ3) is 4.83. The smallest absolute Gasteiger partial charge is 0.288 e. The second-order valence-corrected chi connectivity index (χ2v) is 7.49. The van der Waals surface area contributed by atoms with Gasteiger partial charge in [-0.05, 0) is 56.0 Å². The van der Waals surface area contributed by atoms with Gasteiger partial charge in [0.25, 0.3) is 10.7 Å². The van der Waals surface area contributed by atoms with Crippen molar-refractivity contribution in [1.82, 2.24) is 14.7 Å². The van der Waals surface area contributed by atoms with Gasteiger partial charge in [-0.2, -0.15) is 0 Å². The molecule has 0 unspecified atom stereocenters. The largest absolute Gasteiger partial charge is 0.493 e. The predicted octanol–water partition coefficient (Wildman–Crippen LogP) is 4.21. The first-order chi connectivity index (χ1) is 15.1. The average molecular weight is 444 g/mol. The first kappa shape index (κ1) is 21.2. The molecule has 1 aromatic heterocycles. The molecule has 3 aromatic rings. The summed E-state index contributed by atoms with van der Waals surface area (Å²) in [4.78, 5) is 2.36. The van der Waals surface area contributed by atoms with Crippen molar-refractivity contribution in [2.45, 2.75) is 26.2 Å². The van der Waals surface area contributed by atoms with Crippen molar-refractivity contribution in [3.63, 3.8) is 0 Å². The molecule has 1 atom stereocenters. The van der Waals surface area contributed by atoms with E-state index >= 15 is 0 Å². The van der Waals surface area contributed by atoms with Gasteiger partial charge in [-0.3, -0.25) is 4.90 Å². The molecule has 0 spiro atoms. The van der Waals surface area contributed by atoms with Crippen molar-refractivity contribution in [2.24, 2.45) is 0 Å². The quantitative estimate of drug-likeness (QED) is 0.480. The number of fused-ring (bicyclic) bond motifs is 1. The standard InChI is InChI=1S/C22H25N3O5S/c1-4-27-17-10-9-15(11-19(17)26-3)12-24(2)14-25-22(31)30-21(23-25)20-13-28-16-7-5-6-8-18(16)29-20/h5-11,20H,4,12-14H2,1-3H3/t20-/m0/s1. The normalized spacial score (nSPS) is 15.2. The van der Waals surface area contributed by atoms with E-state index in [1.165, 1.54) is 0 Å². The van der Waals surface area contributed by atoms with E-state index in [0.29, 0.717) is 49.6 Å². The highest BCUT2D eigenvalue weighted by Crippen LogP contribution is 2.35. The molecule has 0 saturated heterocycles. The Kier molecular flexibility index (Phi) is 6.43. The van der Waals surface area contributed by atoms with Crippen molar-refractivity contribution in [1.29, 1.82) is 0 Å². The topological polar surface area (TPSA) is 71.1 Å². The van der Waals surface area contributed by atoms with Crippen molar-refractivity contribution in [2.75, 3.05) is 27.4 Å². The Morgan fingerprint density at radius 2 is 2.00 bits per heavy atom. The molecule has 1 aliphatic rings. The molecule has 8 nitrogen and oxygen atoms in total. The Morgan fingerprint density at radius 3 is 2.77 bits per heavy atom. The lowest BCUT2D eigenvalue weighted by molar-refractivity contribution is 0.0706. The number of nitrogens with zero attached hydrogens (tertiary/aromatic N) is 3. The molecule has 0 radical (unpaired) electrons. The van der Waals surface area contributed by atoms with E-state index in [2.05, 4.69) is 10.00 Å². The third-order valence-corrected chi connectivity index (χ3v) is 5.06. The molecule has 164 valence electrons. The summed E-state index contributed by atoms with van der Waals surface area (Å²) in [5.41, 5.74) is 1.08. The Morgan fingerprint density at radius 1 is 1.19 bits per heavy atom. The van der Waals surface area contributed by atoms with E-state index in [-0.39, 0.29) is 4.84 Å². The second kappa shape index (κ2) is 9.40. The fourth-order valence-electron chi connectivity index (χ4n) is 3.36. The Bertz CT molecular complexity index is 1100. The monoisotopic (exact) mass is 443 g/mol. The molecular formula is C22H25N3O5S. The van der Waals surface area contributed by atoms with Crippen LogP contribution in [0.15, 0.2) is 46.9 Å². The van der Waals surface area contributed by atoms with Crippen LogP contribution in [0.4, 0.5) is 0 Å². The number of methoxy groups -OCH3 is 1. The van der Waals surface area contributed by atoms with Crippen LogP contribution in [0.5, 0.6) is 23.0 Å². The number of hydrogen-bond donors (Lipinski definition) is 0. The molecule has 0 aliphatic carbocycles. The van der Waals surface area contributed by atoms with E-state index in [1.54, 1.807) is 11.8 Å². The summed E-state index contributed by atoms with van der Waals surface area (Å²) in [6, 6.07) is 13.4. The summed E-state index contributed by atoms with van der Waals surface area (Å²) in [7, 11) is 3.62. The number of para-hydroxylation sites is 2. The third-order valence-electron chi connectivity index (χ3n) is 4.76. The van der Waals surface area contributed by atoms with Crippen molar-refractivity contribution in [3.05, 3.63) is 58.8 Å². The lowest BCUT2D eigenvalue weighted by atomic mass is 10.2. The van der Waals surface area contributed by atoms with Crippen LogP contribution in [0.2, 0.25) is 0 Å². The van der Waals surface area contributed by atoms with Gasteiger partial charge in [-0.25, -0.2) is 4.68 Å². The first-order valence-corrected chi connectivity index (χ1v) is 10.4. The molecule has 0 saturated carbocycles. The predicted molar refractivity (Wildman–Crippen MR) is 116 cm³/mol. The van der Waals surface area contributed by atoms with Gasteiger partial charge < -0.3 is 23.4 Å². The lowest BCUT2D eigenvalue weighted by Gasteiger charge is -2.23. The zero-order valence-electron chi connectivity index (χ0n) is 17.7. The highest BCUT2D eigenvalue weighted by molar-refractivity contribution is 7.71. The Hall–Kier alpha value is -3.04. The van der Waals surface area contributed by atoms with Crippen molar-refractivity contribution >= 4 is 12.2 Å². The molecule has 1 aliphatic heterocycles. The molecule has 9 heteroatoms. The zero-order chi connectivity index (χ0) is 21.8. The summed E-state index contributed by atoms with van der Waals surface area (Å²) in [6.45, 7) is 3.98. The van der Waals surface area contributed by atoms with Gasteiger partial charge in [0, 0.05) is 6.54 Å². The van der Waals surface area contributed by atoms with Gasteiger partial charge in [0.05, 0.1) is 20.4 Å². The SMILES string of the molecule is CCOc1ccc(CN(C)Cn2nc([C@@H]3COc4ccccc4O3)oc2=S)cc1OC. The van der Waals surface area contributed by atoms with Gasteiger partial charge in [-0.15, -0.1) is 5.10 Å². The molecule has 4 rings (SSSR count). The van der Waals surface area contributed by atoms with E-state index in [1.807, 2.05) is 56.4 Å². The number of aromatic nitrogens is 2. The second-order valence-electron chi connectivity index (χ2n) is 7.14. The van der Waals surface area contributed by atoms with Crippen molar-refractivity contribution < 1.29 is 23.4 Å². The van der Waals surface area contributed by atoms with Crippen LogP contribution >= 0.6 is 12.2 Å². The Balaban J connectivity index is 1.42. The number of hydrogen-bond acceptors (Lipinski definition) is 8. The van der Waals surface area contributed by atoms with Crippen LogP contribution in [0.1, 0.15) is 24.5 Å². The fraction of sp³-hybridized carbons (Fsp3) is 0.364. The van der Waals surface area contributed by atoms with Crippen molar-refractivity contribution in [3.8, 4) is 23.0 Å². The van der Waals surface area contributed by atoms with E-state index in [0.717, 1.165) is 11.3 Å². The highest BCUT2D eigenvalue weighted by Gasteiger charge is 2.27. The molecular weight excluding hydrogens is 418 g/mol.